The highest BCUT2D eigenvalue weighted by Crippen LogP contribution is 2.20. The van der Waals surface area contributed by atoms with Gasteiger partial charge < -0.3 is 20.3 Å². The quantitative estimate of drug-likeness (QED) is 0.0320. The molecule has 1 amide bonds. The summed E-state index contributed by atoms with van der Waals surface area (Å²) in [6.45, 7) is 4.94. The van der Waals surface area contributed by atoms with Crippen LogP contribution in [0.4, 0.5) is 0 Å². The zero-order chi connectivity index (χ0) is 57.8. The minimum atomic E-state index is -0.838. The summed E-state index contributed by atoms with van der Waals surface area (Å²) in [5, 5.41) is 23.1. The highest BCUT2D eigenvalue weighted by Gasteiger charge is 2.18. The lowest BCUT2D eigenvalue weighted by Crippen LogP contribution is -2.45. The largest absolute Gasteiger partial charge is 0.466 e. The second-order valence-corrected chi connectivity index (χ2v) is 25.6. The summed E-state index contributed by atoms with van der Waals surface area (Å²) < 4.78 is 5.50. The van der Waals surface area contributed by atoms with Gasteiger partial charge in [-0.25, -0.2) is 0 Å². The number of hydrogen-bond acceptors (Lipinski definition) is 5. The van der Waals surface area contributed by atoms with E-state index in [0.717, 1.165) is 38.5 Å². The van der Waals surface area contributed by atoms with Gasteiger partial charge in [-0.1, -0.05) is 392 Å². The van der Waals surface area contributed by atoms with Gasteiger partial charge in [-0.3, -0.25) is 9.59 Å². The molecule has 6 heteroatoms. The summed E-state index contributed by atoms with van der Waals surface area (Å²) in [6.07, 6.45) is 87.6. The molecule has 476 valence electrons. The number of carbonyl (C=O) groups excluding carboxylic acids is 2. The van der Waals surface area contributed by atoms with Crippen molar-refractivity contribution >= 4 is 11.9 Å². The summed E-state index contributed by atoms with van der Waals surface area (Å²) in [4.78, 5) is 24.5. The van der Waals surface area contributed by atoms with Crippen molar-refractivity contribution in [2.24, 2.45) is 0 Å². The number of aliphatic hydroxyl groups is 2. The lowest BCUT2D eigenvalue weighted by Gasteiger charge is -2.20. The van der Waals surface area contributed by atoms with E-state index in [4.69, 9.17) is 4.74 Å². The molecule has 0 aromatic heterocycles. The van der Waals surface area contributed by atoms with E-state index in [-0.39, 0.29) is 18.5 Å². The van der Waals surface area contributed by atoms with E-state index in [1.807, 2.05) is 6.08 Å². The van der Waals surface area contributed by atoms with Crippen LogP contribution >= 0.6 is 0 Å². The standard InChI is InChI=1S/C74H145NO5/c1-3-5-7-9-11-13-15-17-44-48-52-56-60-64-68-74(79)80-69-65-61-57-53-49-45-42-40-38-36-34-32-30-28-26-24-22-20-18-19-21-23-25-27-29-31-33-35-37-39-41-43-47-51-55-59-63-67-73(78)75-71(70-76)72(77)66-62-58-54-50-46-16-14-12-10-8-6-4-2/h62,66,71-72,76-77H,3-61,63-65,67-70H2,1-2H3,(H,75,78)/b66-62+. The first-order valence-electron chi connectivity index (χ1n) is 37.0. The fraction of sp³-hybridized carbons (Fsp3) is 0.946. The average molecular weight is 1130 g/mol. The lowest BCUT2D eigenvalue weighted by atomic mass is 10.0. The Morgan fingerprint density at radius 1 is 0.338 bits per heavy atom. The van der Waals surface area contributed by atoms with Crippen LogP contribution in [0.15, 0.2) is 12.2 Å². The number of unbranched alkanes of at least 4 members (excludes halogenated alkanes) is 59. The Balaban J connectivity index is 3.28. The average Bonchev–Trinajstić information content (AvgIpc) is 3.46. The van der Waals surface area contributed by atoms with Gasteiger partial charge in [-0.15, -0.1) is 0 Å². The predicted octanol–water partition coefficient (Wildman–Crippen LogP) is 23.9. The number of amides is 1. The lowest BCUT2D eigenvalue weighted by molar-refractivity contribution is -0.143. The van der Waals surface area contributed by atoms with Crippen LogP contribution in [0, 0.1) is 0 Å². The normalized spacial score (nSPS) is 12.5. The van der Waals surface area contributed by atoms with Gasteiger partial charge in [-0.2, -0.15) is 0 Å². The van der Waals surface area contributed by atoms with E-state index in [2.05, 4.69) is 19.2 Å². The molecule has 2 unspecified atom stereocenters. The molecule has 80 heavy (non-hydrogen) atoms. The SMILES string of the molecule is CCCCCCCCCCCC/C=C/C(O)C(CO)NC(=O)CCCCCCCCCCCCCCCCCCCCCCCCCCCCCCCCCCCCCCCOC(=O)CCCCCCCCCCCCCCCC. The number of aliphatic hydroxyl groups excluding tert-OH is 2. The van der Waals surface area contributed by atoms with Gasteiger partial charge in [-0.05, 0) is 32.1 Å². The van der Waals surface area contributed by atoms with Crippen molar-refractivity contribution in [3.63, 3.8) is 0 Å². The highest BCUT2D eigenvalue weighted by atomic mass is 16.5. The zero-order valence-electron chi connectivity index (χ0n) is 54.6. The molecule has 0 aliphatic rings. The molecule has 0 aliphatic heterocycles. The number of carbonyl (C=O) groups is 2. The molecular weight excluding hydrogens is 983 g/mol. The molecule has 0 saturated heterocycles. The summed E-state index contributed by atoms with van der Waals surface area (Å²) in [5.41, 5.74) is 0. The topological polar surface area (TPSA) is 95.9 Å². The van der Waals surface area contributed by atoms with Gasteiger partial charge in [0.1, 0.15) is 0 Å². The maximum Gasteiger partial charge on any atom is 0.305 e. The summed E-state index contributed by atoms with van der Waals surface area (Å²) >= 11 is 0. The van der Waals surface area contributed by atoms with Crippen molar-refractivity contribution in [3.05, 3.63) is 12.2 Å². The Morgan fingerprint density at radius 3 is 0.850 bits per heavy atom. The van der Waals surface area contributed by atoms with Crippen molar-refractivity contribution in [1.29, 1.82) is 0 Å². The van der Waals surface area contributed by atoms with Crippen LogP contribution in [-0.2, 0) is 14.3 Å². The smallest absolute Gasteiger partial charge is 0.305 e. The van der Waals surface area contributed by atoms with Crippen LogP contribution in [-0.4, -0.2) is 47.4 Å². The Hall–Kier alpha value is -1.40. The molecule has 3 N–H and O–H groups in total. The third-order valence-electron chi connectivity index (χ3n) is 17.6. The molecule has 0 heterocycles. The molecule has 2 atom stereocenters. The summed E-state index contributed by atoms with van der Waals surface area (Å²) in [5.74, 6) is -0.0343. The second-order valence-electron chi connectivity index (χ2n) is 25.6. The highest BCUT2D eigenvalue weighted by molar-refractivity contribution is 5.76. The van der Waals surface area contributed by atoms with Crippen LogP contribution < -0.4 is 5.32 Å². The Kier molecular flexibility index (Phi) is 68.9. The van der Waals surface area contributed by atoms with Gasteiger partial charge in [0.2, 0.25) is 5.91 Å². The number of allylic oxidation sites excluding steroid dienone is 1. The summed E-state index contributed by atoms with van der Waals surface area (Å²) in [6, 6.07) is -0.621. The second kappa shape index (κ2) is 70.1. The Labute approximate surface area is 501 Å². The molecule has 0 aromatic rings. The monoisotopic (exact) mass is 1130 g/mol. The van der Waals surface area contributed by atoms with Crippen molar-refractivity contribution in [3.8, 4) is 0 Å². The van der Waals surface area contributed by atoms with Crippen molar-refractivity contribution in [2.75, 3.05) is 13.2 Å². The van der Waals surface area contributed by atoms with Crippen LogP contribution in [0.2, 0.25) is 0 Å². The predicted molar refractivity (Wildman–Crippen MR) is 352 cm³/mol. The minimum absolute atomic E-state index is 0.0263. The molecule has 0 saturated carbocycles. The fourth-order valence-corrected chi connectivity index (χ4v) is 11.9. The van der Waals surface area contributed by atoms with Gasteiger partial charge in [0.25, 0.3) is 0 Å². The number of nitrogens with one attached hydrogen (secondary N) is 1. The molecule has 0 radical (unpaired) electrons. The fourth-order valence-electron chi connectivity index (χ4n) is 11.9. The molecule has 0 rings (SSSR count). The molecule has 0 spiro atoms. The van der Waals surface area contributed by atoms with E-state index in [1.165, 1.54) is 360 Å². The van der Waals surface area contributed by atoms with E-state index in [0.29, 0.717) is 19.4 Å². The maximum absolute atomic E-state index is 12.5. The number of esters is 1. The van der Waals surface area contributed by atoms with E-state index < -0.39 is 12.1 Å². The van der Waals surface area contributed by atoms with Gasteiger partial charge in [0, 0.05) is 12.8 Å². The molecule has 0 bridgehead atoms. The Morgan fingerprint density at radius 2 is 0.575 bits per heavy atom. The van der Waals surface area contributed by atoms with Crippen LogP contribution in [0.1, 0.15) is 425 Å². The van der Waals surface area contributed by atoms with Crippen molar-refractivity contribution in [1.82, 2.24) is 5.32 Å². The van der Waals surface area contributed by atoms with E-state index in [1.54, 1.807) is 6.08 Å². The van der Waals surface area contributed by atoms with E-state index >= 15 is 0 Å². The minimum Gasteiger partial charge on any atom is -0.466 e. The molecular formula is C74H145NO5. The van der Waals surface area contributed by atoms with Crippen molar-refractivity contribution < 1.29 is 24.5 Å². The third-order valence-corrected chi connectivity index (χ3v) is 17.6. The molecule has 0 aliphatic carbocycles. The Bertz CT molecular complexity index is 1210. The maximum atomic E-state index is 12.5. The zero-order valence-corrected chi connectivity index (χ0v) is 54.6. The summed E-state index contributed by atoms with van der Waals surface area (Å²) in [7, 11) is 0. The molecule has 6 nitrogen and oxygen atoms in total. The van der Waals surface area contributed by atoms with Crippen LogP contribution in [0.25, 0.3) is 0 Å². The number of rotatable bonds is 70. The van der Waals surface area contributed by atoms with Gasteiger partial charge in [0.15, 0.2) is 0 Å². The first-order valence-corrected chi connectivity index (χ1v) is 37.0. The van der Waals surface area contributed by atoms with E-state index in [9.17, 15) is 19.8 Å². The molecule has 0 aromatic carbocycles. The van der Waals surface area contributed by atoms with Gasteiger partial charge >= 0.3 is 5.97 Å². The number of ether oxygens (including phenoxy) is 1. The van der Waals surface area contributed by atoms with Gasteiger partial charge in [0.05, 0.1) is 25.4 Å². The van der Waals surface area contributed by atoms with Crippen molar-refractivity contribution in [2.45, 2.75) is 437 Å². The third kappa shape index (κ3) is 65.7. The first-order chi connectivity index (χ1) is 39.5. The van der Waals surface area contributed by atoms with Crippen LogP contribution in [0.3, 0.4) is 0 Å². The number of hydrogen-bond donors (Lipinski definition) is 3. The van der Waals surface area contributed by atoms with Crippen LogP contribution in [0.5, 0.6) is 0 Å². The molecule has 0 fully saturated rings. The first kappa shape index (κ1) is 78.6.